The molecule has 1 fully saturated rings. The summed E-state index contributed by atoms with van der Waals surface area (Å²) in [6.45, 7) is 7.87. The maximum atomic E-state index is 11.1. The first kappa shape index (κ1) is 15.7. The van der Waals surface area contributed by atoms with Crippen molar-refractivity contribution in [2.24, 2.45) is 16.5 Å². The summed E-state index contributed by atoms with van der Waals surface area (Å²) in [6.07, 6.45) is 3.73. The van der Waals surface area contributed by atoms with Crippen LogP contribution < -0.4 is 0 Å². The molecule has 5 heteroatoms. The molecule has 0 aliphatic heterocycles. The van der Waals surface area contributed by atoms with Gasteiger partial charge in [0.2, 0.25) is 5.71 Å². The van der Waals surface area contributed by atoms with Gasteiger partial charge in [-0.3, -0.25) is 4.79 Å². The first-order valence-corrected chi connectivity index (χ1v) is 6.70. The summed E-state index contributed by atoms with van der Waals surface area (Å²) in [5.74, 6) is -1.27. The molecule has 0 amide bonds. The van der Waals surface area contributed by atoms with Crippen molar-refractivity contribution in [1.82, 2.24) is 0 Å². The molecule has 1 aliphatic carbocycles. The summed E-state index contributed by atoms with van der Waals surface area (Å²) in [6, 6.07) is 0. The molecule has 0 atom stereocenters. The molecule has 0 aromatic rings. The van der Waals surface area contributed by atoms with Gasteiger partial charge in [-0.15, -0.1) is 0 Å². The Labute approximate surface area is 114 Å². The Kier molecular flexibility index (Phi) is 5.09. The fraction of sp³-hybridized carbons (Fsp3) is 0.786. The molecule has 0 heterocycles. The molecule has 0 aromatic heterocycles. The summed E-state index contributed by atoms with van der Waals surface area (Å²) in [5.41, 5.74) is -0.238. The molecule has 0 bridgehead atoms. The number of carboxylic acids is 1. The average molecular weight is 269 g/mol. The summed E-state index contributed by atoms with van der Waals surface area (Å²) in [7, 11) is 0. The van der Waals surface area contributed by atoms with Crippen LogP contribution in [0.15, 0.2) is 5.16 Å². The van der Waals surface area contributed by atoms with Crippen molar-refractivity contribution in [3.8, 4) is 0 Å². The number of nitrogens with zero attached hydrogens (tertiary/aromatic N) is 1. The zero-order chi connectivity index (χ0) is 14.6. The highest BCUT2D eigenvalue weighted by molar-refractivity contribution is 6.63. The van der Waals surface area contributed by atoms with Crippen molar-refractivity contribution in [1.29, 1.82) is 0 Å². The molecule has 1 N–H and O–H groups in total. The van der Waals surface area contributed by atoms with Crippen molar-refractivity contribution in [3.05, 3.63) is 0 Å². The van der Waals surface area contributed by atoms with Gasteiger partial charge >= 0.3 is 5.97 Å². The second-order valence-electron chi connectivity index (χ2n) is 6.25. The highest BCUT2D eigenvalue weighted by Gasteiger charge is 2.30. The number of Topliss-reactive ketones (excluding diaryl/α,β-unsaturated/α-hetero) is 1. The lowest BCUT2D eigenvalue weighted by Crippen LogP contribution is -2.29. The predicted molar refractivity (Wildman–Crippen MR) is 72.0 cm³/mol. The highest BCUT2D eigenvalue weighted by atomic mass is 16.6. The Morgan fingerprint density at radius 1 is 1.16 bits per heavy atom. The third kappa shape index (κ3) is 4.65. The van der Waals surface area contributed by atoms with Crippen molar-refractivity contribution < 1.29 is 19.5 Å². The zero-order valence-electron chi connectivity index (χ0n) is 12.1. The Balaban J connectivity index is 2.52. The first-order chi connectivity index (χ1) is 8.71. The fourth-order valence-corrected chi connectivity index (χ4v) is 2.42. The van der Waals surface area contributed by atoms with Crippen LogP contribution in [0.25, 0.3) is 0 Å². The Morgan fingerprint density at radius 3 is 2.05 bits per heavy atom. The number of ketones is 1. The minimum absolute atomic E-state index is 0.0766. The average Bonchev–Trinajstić information content (AvgIpc) is 2.27. The van der Waals surface area contributed by atoms with Gasteiger partial charge < -0.3 is 9.94 Å². The van der Waals surface area contributed by atoms with Crippen LogP contribution in [0, 0.1) is 11.3 Å². The van der Waals surface area contributed by atoms with Gasteiger partial charge in [0, 0.05) is 6.92 Å². The first-order valence-electron chi connectivity index (χ1n) is 6.70. The highest BCUT2D eigenvalue weighted by Crippen LogP contribution is 2.38. The van der Waals surface area contributed by atoms with Gasteiger partial charge in [0.15, 0.2) is 5.78 Å². The van der Waals surface area contributed by atoms with Crippen molar-refractivity contribution >= 4 is 17.5 Å². The molecule has 0 radical (unpaired) electrons. The Hall–Kier alpha value is -1.39. The molecule has 0 unspecified atom stereocenters. The van der Waals surface area contributed by atoms with Gasteiger partial charge in [0.1, 0.15) is 6.10 Å². The van der Waals surface area contributed by atoms with Crippen LogP contribution in [0.2, 0.25) is 0 Å². The van der Waals surface area contributed by atoms with Crippen molar-refractivity contribution in [2.45, 2.75) is 59.5 Å². The molecule has 1 saturated carbocycles. The van der Waals surface area contributed by atoms with E-state index in [1.54, 1.807) is 0 Å². The van der Waals surface area contributed by atoms with E-state index in [1.165, 1.54) is 6.92 Å². The SMILES string of the molecule is CC(=O)/C(=N/OC1CCC(C(C)(C)C)CC1)C(=O)O. The van der Waals surface area contributed by atoms with E-state index in [4.69, 9.17) is 9.94 Å². The van der Waals surface area contributed by atoms with Gasteiger partial charge in [0.05, 0.1) is 0 Å². The van der Waals surface area contributed by atoms with E-state index in [1.807, 2.05) is 0 Å². The summed E-state index contributed by atoms with van der Waals surface area (Å²) >= 11 is 0. The third-order valence-electron chi connectivity index (χ3n) is 3.73. The molecule has 1 aliphatic rings. The van der Waals surface area contributed by atoms with Gasteiger partial charge in [-0.2, -0.15) is 0 Å². The molecule has 19 heavy (non-hydrogen) atoms. The molecule has 0 saturated heterocycles. The van der Waals surface area contributed by atoms with Gasteiger partial charge in [-0.1, -0.05) is 25.9 Å². The number of aliphatic carboxylic acids is 1. The molecule has 5 nitrogen and oxygen atoms in total. The van der Waals surface area contributed by atoms with E-state index in [2.05, 4.69) is 25.9 Å². The molecule has 1 rings (SSSR count). The smallest absolute Gasteiger partial charge is 0.361 e. The normalized spacial score (nSPS) is 24.9. The van der Waals surface area contributed by atoms with Crippen LogP contribution in [0.3, 0.4) is 0 Å². The van der Waals surface area contributed by atoms with Gasteiger partial charge in [-0.05, 0) is 37.0 Å². The van der Waals surface area contributed by atoms with Crippen LogP contribution >= 0.6 is 0 Å². The van der Waals surface area contributed by atoms with Crippen LogP contribution in [-0.2, 0) is 14.4 Å². The topological polar surface area (TPSA) is 76.0 Å². The summed E-state index contributed by atoms with van der Waals surface area (Å²) in [4.78, 5) is 27.0. The second-order valence-corrected chi connectivity index (χ2v) is 6.25. The molecular weight excluding hydrogens is 246 g/mol. The van der Waals surface area contributed by atoms with Crippen LogP contribution in [0.5, 0.6) is 0 Å². The Bertz CT molecular complexity index is 357. The number of oxime groups is 1. The zero-order valence-corrected chi connectivity index (χ0v) is 12.1. The third-order valence-corrected chi connectivity index (χ3v) is 3.73. The number of hydrogen-bond donors (Lipinski definition) is 1. The van der Waals surface area contributed by atoms with Crippen molar-refractivity contribution in [2.75, 3.05) is 0 Å². The van der Waals surface area contributed by atoms with E-state index in [9.17, 15) is 9.59 Å². The predicted octanol–water partition coefficient (Wildman–Crippen LogP) is 2.64. The number of carbonyl (C=O) groups excluding carboxylic acids is 1. The van der Waals surface area contributed by atoms with Crippen molar-refractivity contribution in [3.63, 3.8) is 0 Å². The van der Waals surface area contributed by atoms with Gasteiger partial charge in [-0.25, -0.2) is 4.79 Å². The quantitative estimate of drug-likeness (QED) is 0.483. The maximum Gasteiger partial charge on any atom is 0.361 e. The summed E-state index contributed by atoms with van der Waals surface area (Å²) in [5, 5.41) is 12.3. The summed E-state index contributed by atoms with van der Waals surface area (Å²) < 4.78 is 0. The lowest BCUT2D eigenvalue weighted by Gasteiger charge is -2.36. The van der Waals surface area contributed by atoms with Crippen LogP contribution in [-0.4, -0.2) is 28.7 Å². The number of hydrogen-bond acceptors (Lipinski definition) is 4. The lowest BCUT2D eigenvalue weighted by atomic mass is 9.72. The number of carbonyl (C=O) groups is 2. The number of rotatable bonds is 4. The minimum Gasteiger partial charge on any atom is -0.476 e. The molecule has 0 spiro atoms. The van der Waals surface area contributed by atoms with E-state index in [-0.39, 0.29) is 6.10 Å². The second kappa shape index (κ2) is 6.17. The van der Waals surface area contributed by atoms with Gasteiger partial charge in [0.25, 0.3) is 0 Å². The number of carboxylic acid groups (broad SMARTS) is 1. The fourth-order valence-electron chi connectivity index (χ4n) is 2.42. The largest absolute Gasteiger partial charge is 0.476 e. The van der Waals surface area contributed by atoms with E-state index >= 15 is 0 Å². The Morgan fingerprint density at radius 2 is 1.68 bits per heavy atom. The van der Waals surface area contributed by atoms with Crippen LogP contribution in [0.4, 0.5) is 0 Å². The monoisotopic (exact) mass is 269 g/mol. The van der Waals surface area contributed by atoms with E-state index in [0.29, 0.717) is 11.3 Å². The molecule has 108 valence electrons. The minimum atomic E-state index is -1.34. The van der Waals surface area contributed by atoms with Crippen LogP contribution in [0.1, 0.15) is 53.4 Å². The molecular formula is C14H23NO4. The van der Waals surface area contributed by atoms with E-state index < -0.39 is 17.5 Å². The van der Waals surface area contributed by atoms with E-state index in [0.717, 1.165) is 25.7 Å². The lowest BCUT2D eigenvalue weighted by molar-refractivity contribution is -0.130. The standard InChI is InChI=1S/C14H23NO4/c1-9(16)12(13(17)18)15-19-11-7-5-10(6-8-11)14(2,3)4/h10-11H,5-8H2,1-4H3,(H,17,18)/b15-12-. The maximum absolute atomic E-state index is 11.1. The molecule has 0 aromatic carbocycles.